The number of rotatable bonds is 9. The quantitative estimate of drug-likeness (QED) is 0.671. The molecular weight excluding hydrogens is 356 g/mol. The van der Waals surface area contributed by atoms with E-state index in [1.807, 2.05) is 48.5 Å². The maximum Gasteiger partial charge on any atom is 0.410 e. The smallest absolute Gasteiger partial charge is 0.410 e. The first-order valence-electron chi connectivity index (χ1n) is 9.57. The lowest BCUT2D eigenvalue weighted by molar-refractivity contribution is 0.0472. The monoisotopic (exact) mass is 384 g/mol. The fourth-order valence-electron chi connectivity index (χ4n) is 3.24. The van der Waals surface area contributed by atoms with Crippen LogP contribution in [-0.2, 0) is 17.9 Å². The molecule has 2 aromatic carbocycles. The van der Waals surface area contributed by atoms with Crippen molar-refractivity contribution in [2.24, 2.45) is 5.92 Å². The maximum atomic E-state index is 12.0. The molecule has 6 nitrogen and oxygen atoms in total. The fourth-order valence-corrected chi connectivity index (χ4v) is 3.24. The van der Waals surface area contributed by atoms with Crippen molar-refractivity contribution in [3.05, 3.63) is 59.7 Å². The second-order valence-corrected chi connectivity index (χ2v) is 6.95. The van der Waals surface area contributed by atoms with E-state index in [1.165, 1.54) is 0 Å². The van der Waals surface area contributed by atoms with E-state index in [4.69, 9.17) is 14.2 Å². The molecule has 150 valence electrons. The number of nitrogens with zero attached hydrogens (tertiary/aromatic N) is 1. The molecule has 28 heavy (non-hydrogen) atoms. The van der Waals surface area contributed by atoms with Crippen LogP contribution in [0.3, 0.4) is 0 Å². The van der Waals surface area contributed by atoms with E-state index in [-0.39, 0.29) is 6.09 Å². The van der Waals surface area contributed by atoms with Gasteiger partial charge in [-0.05, 0) is 30.5 Å². The molecule has 1 fully saturated rings. The highest BCUT2D eigenvalue weighted by Crippen LogP contribution is 2.24. The minimum atomic E-state index is -0.226. The van der Waals surface area contributed by atoms with E-state index >= 15 is 0 Å². The summed E-state index contributed by atoms with van der Waals surface area (Å²) < 4.78 is 16.0. The zero-order valence-corrected chi connectivity index (χ0v) is 16.5. The lowest BCUT2D eigenvalue weighted by Gasteiger charge is -2.38. The number of ether oxygens (including phenoxy) is 3. The van der Waals surface area contributed by atoms with Crippen molar-refractivity contribution in [1.82, 2.24) is 10.2 Å². The molecule has 1 amide bonds. The number of hydrogen-bond acceptors (Lipinski definition) is 5. The Labute approximate surface area is 166 Å². The SMILES string of the molecule is COc1ccc(CNCCC2CN(C(=O)OCc3ccccc3)C2)c(OC)c1. The molecule has 0 saturated carbocycles. The summed E-state index contributed by atoms with van der Waals surface area (Å²) >= 11 is 0. The molecule has 1 saturated heterocycles. The van der Waals surface area contributed by atoms with Gasteiger partial charge in [-0.2, -0.15) is 0 Å². The van der Waals surface area contributed by atoms with Crippen LogP contribution >= 0.6 is 0 Å². The number of amides is 1. The molecule has 0 bridgehead atoms. The van der Waals surface area contributed by atoms with Gasteiger partial charge in [-0.1, -0.05) is 36.4 Å². The molecule has 0 radical (unpaired) electrons. The summed E-state index contributed by atoms with van der Waals surface area (Å²) in [6, 6.07) is 15.6. The van der Waals surface area contributed by atoms with E-state index in [0.717, 1.165) is 55.2 Å². The summed E-state index contributed by atoms with van der Waals surface area (Å²) in [7, 11) is 3.31. The summed E-state index contributed by atoms with van der Waals surface area (Å²) in [6.07, 6.45) is 0.803. The van der Waals surface area contributed by atoms with Crippen LogP contribution in [0.1, 0.15) is 17.5 Å². The molecule has 1 aliphatic rings. The number of carbonyl (C=O) groups is 1. The van der Waals surface area contributed by atoms with Gasteiger partial charge in [-0.3, -0.25) is 0 Å². The predicted octanol–water partition coefficient (Wildman–Crippen LogP) is 3.45. The van der Waals surface area contributed by atoms with Gasteiger partial charge in [0.05, 0.1) is 14.2 Å². The third-order valence-corrected chi connectivity index (χ3v) is 4.96. The van der Waals surface area contributed by atoms with Crippen molar-refractivity contribution in [2.45, 2.75) is 19.6 Å². The molecule has 2 aromatic rings. The molecule has 0 spiro atoms. The minimum Gasteiger partial charge on any atom is -0.497 e. The summed E-state index contributed by atoms with van der Waals surface area (Å²) in [5.74, 6) is 2.13. The number of hydrogen-bond donors (Lipinski definition) is 1. The Balaban J connectivity index is 1.31. The average Bonchev–Trinajstić information content (AvgIpc) is 2.71. The van der Waals surface area contributed by atoms with Crippen LogP contribution in [-0.4, -0.2) is 44.8 Å². The van der Waals surface area contributed by atoms with E-state index in [0.29, 0.717) is 12.5 Å². The summed E-state index contributed by atoms with van der Waals surface area (Å²) in [6.45, 7) is 3.49. The molecular formula is C22H28N2O4. The van der Waals surface area contributed by atoms with Crippen LogP contribution in [0.5, 0.6) is 11.5 Å². The first kappa shape index (κ1) is 20.0. The molecule has 3 rings (SSSR count). The maximum absolute atomic E-state index is 12.0. The summed E-state index contributed by atoms with van der Waals surface area (Å²) in [4.78, 5) is 13.8. The third-order valence-electron chi connectivity index (χ3n) is 4.96. The standard InChI is InChI=1S/C22H28N2O4/c1-26-20-9-8-19(21(12-20)27-2)13-23-11-10-18-14-24(15-18)22(25)28-16-17-6-4-3-5-7-17/h3-9,12,18,23H,10-11,13-16H2,1-2H3. The second kappa shape index (κ2) is 9.99. The summed E-state index contributed by atoms with van der Waals surface area (Å²) in [5, 5.41) is 3.45. The Morgan fingerprint density at radius 3 is 2.61 bits per heavy atom. The molecule has 0 atom stereocenters. The van der Waals surface area contributed by atoms with Gasteiger partial charge in [-0.15, -0.1) is 0 Å². The molecule has 1 heterocycles. The van der Waals surface area contributed by atoms with Crippen LogP contribution in [0, 0.1) is 5.92 Å². The topological polar surface area (TPSA) is 60.0 Å². The average molecular weight is 384 g/mol. The Morgan fingerprint density at radius 1 is 1.11 bits per heavy atom. The number of carbonyl (C=O) groups excluding carboxylic acids is 1. The van der Waals surface area contributed by atoms with E-state index in [2.05, 4.69) is 5.32 Å². The predicted molar refractivity (Wildman–Crippen MR) is 108 cm³/mol. The van der Waals surface area contributed by atoms with Crippen LogP contribution in [0.25, 0.3) is 0 Å². The molecule has 0 aliphatic carbocycles. The highest BCUT2D eigenvalue weighted by atomic mass is 16.6. The van der Waals surface area contributed by atoms with E-state index < -0.39 is 0 Å². The van der Waals surface area contributed by atoms with Crippen molar-refractivity contribution >= 4 is 6.09 Å². The number of nitrogens with one attached hydrogen (secondary N) is 1. The Morgan fingerprint density at radius 2 is 1.89 bits per heavy atom. The van der Waals surface area contributed by atoms with Gasteiger partial charge in [0.2, 0.25) is 0 Å². The van der Waals surface area contributed by atoms with Gasteiger partial charge >= 0.3 is 6.09 Å². The molecule has 6 heteroatoms. The highest BCUT2D eigenvalue weighted by molar-refractivity contribution is 5.68. The molecule has 0 unspecified atom stereocenters. The van der Waals surface area contributed by atoms with Gasteiger partial charge in [0.25, 0.3) is 0 Å². The first-order chi connectivity index (χ1) is 13.7. The van der Waals surface area contributed by atoms with Crippen LogP contribution in [0.4, 0.5) is 4.79 Å². The zero-order chi connectivity index (χ0) is 19.8. The van der Waals surface area contributed by atoms with Crippen molar-refractivity contribution in [3.63, 3.8) is 0 Å². The Bertz CT molecular complexity index is 760. The van der Waals surface area contributed by atoms with E-state index in [9.17, 15) is 4.79 Å². The van der Waals surface area contributed by atoms with Gasteiger partial charge in [0, 0.05) is 31.3 Å². The summed E-state index contributed by atoms with van der Waals surface area (Å²) in [5.41, 5.74) is 2.11. The second-order valence-electron chi connectivity index (χ2n) is 6.95. The largest absolute Gasteiger partial charge is 0.497 e. The number of methoxy groups -OCH3 is 2. The third kappa shape index (κ3) is 5.39. The van der Waals surface area contributed by atoms with Crippen molar-refractivity contribution < 1.29 is 19.0 Å². The van der Waals surface area contributed by atoms with Crippen LogP contribution in [0.2, 0.25) is 0 Å². The zero-order valence-electron chi connectivity index (χ0n) is 16.5. The van der Waals surface area contributed by atoms with Crippen molar-refractivity contribution in [3.8, 4) is 11.5 Å². The Hall–Kier alpha value is -2.73. The van der Waals surface area contributed by atoms with Gasteiger partial charge in [0.1, 0.15) is 18.1 Å². The van der Waals surface area contributed by atoms with E-state index in [1.54, 1.807) is 19.1 Å². The van der Waals surface area contributed by atoms with Crippen molar-refractivity contribution in [1.29, 1.82) is 0 Å². The number of likely N-dealkylation sites (tertiary alicyclic amines) is 1. The highest BCUT2D eigenvalue weighted by Gasteiger charge is 2.31. The molecule has 1 aliphatic heterocycles. The lowest BCUT2D eigenvalue weighted by atomic mass is 9.97. The normalized spacial score (nSPS) is 13.7. The van der Waals surface area contributed by atoms with Gasteiger partial charge < -0.3 is 24.4 Å². The van der Waals surface area contributed by atoms with Crippen LogP contribution < -0.4 is 14.8 Å². The Kier molecular flexibility index (Phi) is 7.14. The molecule has 1 N–H and O–H groups in total. The fraction of sp³-hybridized carbons (Fsp3) is 0.409. The molecule has 0 aromatic heterocycles. The van der Waals surface area contributed by atoms with Gasteiger partial charge in [0.15, 0.2) is 0 Å². The van der Waals surface area contributed by atoms with Crippen LogP contribution in [0.15, 0.2) is 48.5 Å². The minimum absolute atomic E-state index is 0.226. The number of benzene rings is 2. The first-order valence-corrected chi connectivity index (χ1v) is 9.57. The van der Waals surface area contributed by atoms with Gasteiger partial charge in [-0.25, -0.2) is 4.79 Å². The lowest BCUT2D eigenvalue weighted by Crippen LogP contribution is -2.50. The van der Waals surface area contributed by atoms with Crippen molar-refractivity contribution in [2.75, 3.05) is 33.9 Å².